The Balaban J connectivity index is 1.64. The number of aryl methyl sites for hydroxylation is 2. The van der Waals surface area contributed by atoms with E-state index in [-0.39, 0.29) is 5.91 Å². The van der Waals surface area contributed by atoms with Crippen LogP contribution in [0.25, 0.3) is 21.6 Å². The molecule has 0 saturated heterocycles. The first-order valence-electron chi connectivity index (χ1n) is 7.33. The number of hydrogen-bond donors (Lipinski definition) is 2. The van der Waals surface area contributed by atoms with E-state index in [9.17, 15) is 4.79 Å². The maximum Gasteiger partial charge on any atom is 0.278 e. The van der Waals surface area contributed by atoms with Gasteiger partial charge in [0.1, 0.15) is 0 Å². The van der Waals surface area contributed by atoms with Crippen molar-refractivity contribution in [2.75, 3.05) is 5.32 Å². The summed E-state index contributed by atoms with van der Waals surface area (Å²) in [6, 6.07) is 7.51. The maximum absolute atomic E-state index is 12.5. The van der Waals surface area contributed by atoms with Crippen LogP contribution in [-0.2, 0) is 7.05 Å². The van der Waals surface area contributed by atoms with E-state index in [1.807, 2.05) is 49.0 Å². The summed E-state index contributed by atoms with van der Waals surface area (Å²) >= 11 is 1.40. The topological polar surface area (TPSA) is 88.5 Å². The molecule has 0 aliphatic heterocycles. The van der Waals surface area contributed by atoms with Gasteiger partial charge in [0.25, 0.3) is 5.91 Å². The van der Waals surface area contributed by atoms with Crippen molar-refractivity contribution < 1.29 is 4.79 Å². The fraction of sp³-hybridized carbons (Fsp3) is 0.125. The lowest BCUT2D eigenvalue weighted by Gasteiger charge is -1.99. The third kappa shape index (κ3) is 2.37. The van der Waals surface area contributed by atoms with Crippen LogP contribution in [0.5, 0.6) is 0 Å². The van der Waals surface area contributed by atoms with E-state index in [0.29, 0.717) is 10.8 Å². The highest BCUT2D eigenvalue weighted by molar-refractivity contribution is 7.19. The van der Waals surface area contributed by atoms with E-state index in [2.05, 4.69) is 25.5 Å². The second-order valence-corrected chi connectivity index (χ2v) is 6.37. The highest BCUT2D eigenvalue weighted by Crippen LogP contribution is 2.31. The second kappa shape index (κ2) is 5.57. The zero-order valence-electron chi connectivity index (χ0n) is 13.1. The molecular formula is C16H14N6OS. The van der Waals surface area contributed by atoms with Crippen molar-refractivity contribution in [1.29, 1.82) is 0 Å². The van der Waals surface area contributed by atoms with Crippen LogP contribution in [0.3, 0.4) is 0 Å². The van der Waals surface area contributed by atoms with Crippen LogP contribution >= 0.6 is 11.3 Å². The molecule has 8 heteroatoms. The molecule has 0 spiro atoms. The van der Waals surface area contributed by atoms with Gasteiger partial charge < -0.3 is 4.57 Å². The number of benzene rings is 1. The van der Waals surface area contributed by atoms with Gasteiger partial charge in [-0.2, -0.15) is 5.10 Å². The van der Waals surface area contributed by atoms with Gasteiger partial charge in [-0.3, -0.25) is 15.2 Å². The zero-order valence-corrected chi connectivity index (χ0v) is 13.9. The van der Waals surface area contributed by atoms with Crippen molar-refractivity contribution in [3.63, 3.8) is 0 Å². The fourth-order valence-electron chi connectivity index (χ4n) is 2.53. The monoisotopic (exact) mass is 338 g/mol. The Hall–Kier alpha value is -3.00. The number of fused-ring (bicyclic) bond motifs is 1. The molecule has 4 rings (SSSR count). The minimum Gasteiger partial charge on any atom is -0.333 e. The highest BCUT2D eigenvalue weighted by atomic mass is 32.1. The molecule has 0 fully saturated rings. The smallest absolute Gasteiger partial charge is 0.278 e. The molecule has 0 atom stereocenters. The largest absolute Gasteiger partial charge is 0.333 e. The van der Waals surface area contributed by atoms with E-state index < -0.39 is 0 Å². The van der Waals surface area contributed by atoms with E-state index in [1.165, 1.54) is 11.3 Å². The fourth-order valence-corrected chi connectivity index (χ4v) is 3.54. The zero-order chi connectivity index (χ0) is 16.7. The Kier molecular flexibility index (Phi) is 3.39. The molecule has 3 heterocycles. The average molecular weight is 338 g/mol. The maximum atomic E-state index is 12.5. The number of hydrogen-bond acceptors (Lipinski definition) is 5. The molecular weight excluding hydrogens is 324 g/mol. The minimum atomic E-state index is -0.285. The van der Waals surface area contributed by atoms with Crippen LogP contribution in [0.2, 0.25) is 0 Å². The molecule has 7 nitrogen and oxygen atoms in total. The number of carbonyl (C=O) groups is 1. The summed E-state index contributed by atoms with van der Waals surface area (Å²) in [5.41, 5.74) is 2.01. The molecule has 24 heavy (non-hydrogen) atoms. The van der Waals surface area contributed by atoms with Gasteiger partial charge in [0.15, 0.2) is 16.6 Å². The number of nitrogens with one attached hydrogen (secondary N) is 2. The average Bonchev–Trinajstić information content (AvgIpc) is 3.25. The van der Waals surface area contributed by atoms with Crippen LogP contribution in [0, 0.1) is 6.92 Å². The number of aromatic amines is 1. The number of anilines is 1. The van der Waals surface area contributed by atoms with Gasteiger partial charge in [0, 0.05) is 24.8 Å². The third-order valence-corrected chi connectivity index (χ3v) is 4.80. The predicted octanol–water partition coefficient (Wildman–Crippen LogP) is 2.98. The van der Waals surface area contributed by atoms with Gasteiger partial charge in [-0.15, -0.1) is 0 Å². The number of H-pyrrole nitrogens is 1. The Morgan fingerprint density at radius 3 is 2.96 bits per heavy atom. The molecule has 0 unspecified atom stereocenters. The van der Waals surface area contributed by atoms with Crippen molar-refractivity contribution in [3.8, 4) is 10.7 Å². The summed E-state index contributed by atoms with van der Waals surface area (Å²) in [7, 11) is 1.93. The lowest BCUT2D eigenvalue weighted by atomic mass is 10.2. The lowest BCUT2D eigenvalue weighted by Crippen LogP contribution is -2.12. The first-order valence-corrected chi connectivity index (χ1v) is 8.14. The van der Waals surface area contributed by atoms with Crippen LogP contribution in [0.4, 0.5) is 5.13 Å². The molecule has 1 amide bonds. The number of rotatable bonds is 3. The molecule has 0 radical (unpaired) electrons. The summed E-state index contributed by atoms with van der Waals surface area (Å²) in [4.78, 5) is 22.2. The van der Waals surface area contributed by atoms with E-state index >= 15 is 0 Å². The van der Waals surface area contributed by atoms with Crippen molar-refractivity contribution in [2.24, 2.45) is 7.05 Å². The molecule has 0 bridgehead atoms. The molecule has 3 aromatic heterocycles. The van der Waals surface area contributed by atoms with Crippen molar-refractivity contribution in [3.05, 3.63) is 48.0 Å². The Bertz CT molecular complexity index is 1040. The van der Waals surface area contributed by atoms with Crippen LogP contribution in [0.15, 0.2) is 36.7 Å². The first-order chi connectivity index (χ1) is 11.6. The van der Waals surface area contributed by atoms with E-state index in [1.54, 1.807) is 6.20 Å². The van der Waals surface area contributed by atoms with Gasteiger partial charge in [-0.05, 0) is 13.0 Å². The Morgan fingerprint density at radius 2 is 2.17 bits per heavy atom. The van der Waals surface area contributed by atoms with Crippen LogP contribution in [0.1, 0.15) is 16.2 Å². The molecule has 0 saturated carbocycles. The van der Waals surface area contributed by atoms with E-state index in [0.717, 1.165) is 27.3 Å². The van der Waals surface area contributed by atoms with Crippen molar-refractivity contribution in [2.45, 2.75) is 6.92 Å². The van der Waals surface area contributed by atoms with E-state index in [4.69, 9.17) is 0 Å². The van der Waals surface area contributed by atoms with Crippen molar-refractivity contribution >= 4 is 33.3 Å². The van der Waals surface area contributed by atoms with Crippen LogP contribution in [-0.4, -0.2) is 30.6 Å². The number of para-hydroxylation sites is 1. The predicted molar refractivity (Wildman–Crippen MR) is 93.1 cm³/mol. The summed E-state index contributed by atoms with van der Waals surface area (Å²) in [6.07, 6.45) is 3.62. The van der Waals surface area contributed by atoms with Gasteiger partial charge in [-0.1, -0.05) is 29.5 Å². The number of thiazole rings is 1. The minimum absolute atomic E-state index is 0.285. The number of imidazole rings is 1. The molecule has 2 N–H and O–H groups in total. The Morgan fingerprint density at radius 1 is 1.33 bits per heavy atom. The van der Waals surface area contributed by atoms with Gasteiger partial charge in [0.2, 0.25) is 0 Å². The SMILES string of the molecule is Cc1nc(NC(=O)c2n[nH]c3ccccc23)sc1-c1nccn1C. The van der Waals surface area contributed by atoms with Gasteiger partial charge in [0.05, 0.1) is 16.1 Å². The molecule has 0 aliphatic rings. The van der Waals surface area contributed by atoms with Crippen molar-refractivity contribution in [1.82, 2.24) is 24.7 Å². The summed E-state index contributed by atoms with van der Waals surface area (Å²) in [5, 5.41) is 11.1. The standard InChI is InChI=1S/C16H14N6OS/c1-9-13(14-17-7-8-22(14)2)24-16(18-9)19-15(23)12-10-5-3-4-6-11(10)20-21-12/h3-8H,1-2H3,(H,20,21)(H,18,19,23). The third-order valence-electron chi connectivity index (χ3n) is 3.73. The summed E-state index contributed by atoms with van der Waals surface area (Å²) in [6.45, 7) is 1.90. The number of nitrogens with zero attached hydrogens (tertiary/aromatic N) is 4. The van der Waals surface area contributed by atoms with Crippen LogP contribution < -0.4 is 5.32 Å². The summed E-state index contributed by atoms with van der Waals surface area (Å²) in [5.74, 6) is 0.545. The quantitative estimate of drug-likeness (QED) is 0.601. The highest BCUT2D eigenvalue weighted by Gasteiger charge is 2.18. The Labute approximate surface area is 141 Å². The molecule has 0 aliphatic carbocycles. The second-order valence-electron chi connectivity index (χ2n) is 5.37. The normalized spacial score (nSPS) is 11.1. The molecule has 1 aromatic carbocycles. The molecule has 4 aromatic rings. The van der Waals surface area contributed by atoms with Gasteiger partial charge in [-0.25, -0.2) is 9.97 Å². The lowest BCUT2D eigenvalue weighted by molar-refractivity contribution is 0.102. The van der Waals surface area contributed by atoms with Gasteiger partial charge >= 0.3 is 0 Å². The number of amides is 1. The number of aromatic nitrogens is 5. The molecule has 120 valence electrons. The first kappa shape index (κ1) is 14.6. The number of carbonyl (C=O) groups excluding carboxylic acids is 1. The summed E-state index contributed by atoms with van der Waals surface area (Å²) < 4.78 is 1.92.